The fourth-order valence-corrected chi connectivity index (χ4v) is 1.94. The van der Waals surface area contributed by atoms with Crippen LogP contribution in [0.25, 0.3) is 0 Å². The summed E-state index contributed by atoms with van der Waals surface area (Å²) < 4.78 is 0. The molecule has 0 aromatic heterocycles. The van der Waals surface area contributed by atoms with E-state index in [0.29, 0.717) is 0 Å². The molecule has 1 aliphatic heterocycles. The first kappa shape index (κ1) is 16.4. The zero-order valence-corrected chi connectivity index (χ0v) is 8.60. The molecular formula is C13H31N. The van der Waals surface area contributed by atoms with Crippen LogP contribution >= 0.6 is 0 Å². The predicted octanol–water partition coefficient (Wildman–Crippen LogP) is 4.23. The van der Waals surface area contributed by atoms with Crippen molar-refractivity contribution in [2.75, 3.05) is 6.54 Å². The first-order valence-corrected chi connectivity index (χ1v) is 5.52. The summed E-state index contributed by atoms with van der Waals surface area (Å²) in [5.74, 6) is 0.883. The fourth-order valence-electron chi connectivity index (χ4n) is 1.94. The Hall–Kier alpha value is -0.0400. The molecule has 1 unspecified atom stereocenters. The van der Waals surface area contributed by atoms with E-state index in [-0.39, 0.29) is 14.9 Å². The summed E-state index contributed by atoms with van der Waals surface area (Å²) in [6.07, 6.45) is 8.46. The number of hydrogen-bond acceptors (Lipinski definition) is 1. The van der Waals surface area contributed by atoms with Gasteiger partial charge in [0.25, 0.3) is 0 Å². The first-order chi connectivity index (χ1) is 5.79. The monoisotopic (exact) mass is 201 g/mol. The summed E-state index contributed by atoms with van der Waals surface area (Å²) in [7, 11) is 0. The SMILES string of the molecule is C.C.CC(C)CCCC1CCCCN1. The molecular weight excluding hydrogens is 170 g/mol. The van der Waals surface area contributed by atoms with Crippen molar-refractivity contribution < 1.29 is 0 Å². The highest BCUT2D eigenvalue weighted by Gasteiger charge is 2.11. The molecule has 1 atom stereocenters. The van der Waals surface area contributed by atoms with Crippen molar-refractivity contribution in [3.63, 3.8) is 0 Å². The third-order valence-corrected chi connectivity index (χ3v) is 2.75. The van der Waals surface area contributed by atoms with Crippen molar-refractivity contribution in [3.8, 4) is 0 Å². The second-order valence-corrected chi connectivity index (χ2v) is 4.47. The lowest BCUT2D eigenvalue weighted by Gasteiger charge is -2.23. The predicted molar refractivity (Wildman–Crippen MR) is 67.8 cm³/mol. The third-order valence-electron chi connectivity index (χ3n) is 2.75. The van der Waals surface area contributed by atoms with Crippen LogP contribution < -0.4 is 5.32 Å². The van der Waals surface area contributed by atoms with Crippen LogP contribution in [-0.2, 0) is 0 Å². The van der Waals surface area contributed by atoms with Crippen LogP contribution in [-0.4, -0.2) is 12.6 Å². The number of nitrogens with one attached hydrogen (secondary N) is 1. The zero-order valence-electron chi connectivity index (χ0n) is 8.60. The van der Waals surface area contributed by atoms with Gasteiger partial charge in [0.05, 0.1) is 0 Å². The lowest BCUT2D eigenvalue weighted by molar-refractivity contribution is 0.364. The second-order valence-electron chi connectivity index (χ2n) is 4.47. The van der Waals surface area contributed by atoms with Gasteiger partial charge in [0.1, 0.15) is 0 Å². The van der Waals surface area contributed by atoms with Gasteiger partial charge in [-0.15, -0.1) is 0 Å². The molecule has 1 N–H and O–H groups in total. The van der Waals surface area contributed by atoms with E-state index in [2.05, 4.69) is 19.2 Å². The van der Waals surface area contributed by atoms with Gasteiger partial charge in [0, 0.05) is 6.04 Å². The van der Waals surface area contributed by atoms with Gasteiger partial charge in [-0.05, 0) is 31.7 Å². The molecule has 0 amide bonds. The van der Waals surface area contributed by atoms with Crippen molar-refractivity contribution >= 4 is 0 Å². The summed E-state index contributed by atoms with van der Waals surface area (Å²) in [6.45, 7) is 5.88. The highest BCUT2D eigenvalue weighted by molar-refractivity contribution is 4.71. The summed E-state index contributed by atoms with van der Waals surface area (Å²) in [6, 6.07) is 0.845. The van der Waals surface area contributed by atoms with E-state index in [0.717, 1.165) is 12.0 Å². The molecule has 1 rings (SSSR count). The Morgan fingerprint density at radius 3 is 2.43 bits per heavy atom. The van der Waals surface area contributed by atoms with Crippen molar-refractivity contribution in [1.82, 2.24) is 5.32 Å². The molecule has 1 aliphatic rings. The van der Waals surface area contributed by atoms with Gasteiger partial charge in [0.15, 0.2) is 0 Å². The molecule has 1 heteroatoms. The Labute approximate surface area is 91.7 Å². The molecule has 1 fully saturated rings. The van der Waals surface area contributed by atoms with Gasteiger partial charge in [-0.1, -0.05) is 48.0 Å². The molecule has 0 aromatic rings. The van der Waals surface area contributed by atoms with Crippen LogP contribution in [0, 0.1) is 5.92 Å². The molecule has 0 aliphatic carbocycles. The number of hydrogen-bond donors (Lipinski definition) is 1. The lowest BCUT2D eigenvalue weighted by atomic mass is 9.97. The highest BCUT2D eigenvalue weighted by atomic mass is 14.9. The Kier molecular flexibility index (Phi) is 11.1. The normalized spacial score (nSPS) is 21.2. The van der Waals surface area contributed by atoms with Crippen molar-refractivity contribution in [1.29, 1.82) is 0 Å². The number of rotatable bonds is 4. The summed E-state index contributed by atoms with van der Waals surface area (Å²) in [5, 5.41) is 3.59. The van der Waals surface area contributed by atoms with Gasteiger partial charge in [-0.2, -0.15) is 0 Å². The summed E-state index contributed by atoms with van der Waals surface area (Å²) >= 11 is 0. The van der Waals surface area contributed by atoms with Gasteiger partial charge >= 0.3 is 0 Å². The Balaban J connectivity index is 0. The quantitative estimate of drug-likeness (QED) is 0.718. The minimum absolute atomic E-state index is 0. The van der Waals surface area contributed by atoms with Crippen molar-refractivity contribution in [2.45, 2.75) is 73.3 Å². The van der Waals surface area contributed by atoms with Crippen LogP contribution in [0.3, 0.4) is 0 Å². The van der Waals surface area contributed by atoms with Crippen LogP contribution in [0.2, 0.25) is 0 Å². The summed E-state index contributed by atoms with van der Waals surface area (Å²) in [5.41, 5.74) is 0. The average molecular weight is 201 g/mol. The van der Waals surface area contributed by atoms with Crippen LogP contribution in [0.1, 0.15) is 67.2 Å². The summed E-state index contributed by atoms with van der Waals surface area (Å²) in [4.78, 5) is 0. The standard InChI is InChI=1S/C11H23N.2CH4/c1-10(2)6-5-8-11-7-3-4-9-12-11;;/h10-12H,3-9H2,1-2H3;2*1H4. The topological polar surface area (TPSA) is 12.0 Å². The molecule has 1 saturated heterocycles. The number of piperidine rings is 1. The maximum atomic E-state index is 3.59. The minimum atomic E-state index is 0. The molecule has 0 bridgehead atoms. The van der Waals surface area contributed by atoms with E-state index < -0.39 is 0 Å². The molecule has 0 radical (unpaired) electrons. The second kappa shape index (κ2) is 9.51. The van der Waals surface area contributed by atoms with E-state index >= 15 is 0 Å². The van der Waals surface area contributed by atoms with Gasteiger partial charge in [-0.3, -0.25) is 0 Å². The van der Waals surface area contributed by atoms with Gasteiger partial charge in [-0.25, -0.2) is 0 Å². The van der Waals surface area contributed by atoms with Crippen molar-refractivity contribution in [2.24, 2.45) is 5.92 Å². The van der Waals surface area contributed by atoms with Gasteiger partial charge in [0.2, 0.25) is 0 Å². The molecule has 1 heterocycles. The molecule has 0 saturated carbocycles. The molecule has 0 aromatic carbocycles. The van der Waals surface area contributed by atoms with E-state index in [9.17, 15) is 0 Å². The van der Waals surface area contributed by atoms with E-state index in [1.54, 1.807) is 0 Å². The molecule has 0 spiro atoms. The van der Waals surface area contributed by atoms with Crippen LogP contribution in [0.4, 0.5) is 0 Å². The Morgan fingerprint density at radius 2 is 1.93 bits per heavy atom. The Bertz CT molecular complexity index is 104. The molecule has 88 valence electrons. The van der Waals surface area contributed by atoms with E-state index in [4.69, 9.17) is 0 Å². The largest absolute Gasteiger partial charge is 0.314 e. The third kappa shape index (κ3) is 7.37. The minimum Gasteiger partial charge on any atom is -0.314 e. The fraction of sp³-hybridized carbons (Fsp3) is 1.00. The smallest absolute Gasteiger partial charge is 0.00670 e. The highest BCUT2D eigenvalue weighted by Crippen LogP contribution is 2.14. The van der Waals surface area contributed by atoms with Crippen LogP contribution in [0.15, 0.2) is 0 Å². The van der Waals surface area contributed by atoms with E-state index in [1.807, 2.05) is 0 Å². The molecule has 14 heavy (non-hydrogen) atoms. The zero-order chi connectivity index (χ0) is 8.81. The van der Waals surface area contributed by atoms with Crippen LogP contribution in [0.5, 0.6) is 0 Å². The maximum absolute atomic E-state index is 3.59. The average Bonchev–Trinajstić information content (AvgIpc) is 2.05. The van der Waals surface area contributed by atoms with Crippen molar-refractivity contribution in [3.05, 3.63) is 0 Å². The van der Waals surface area contributed by atoms with E-state index in [1.165, 1.54) is 45.1 Å². The maximum Gasteiger partial charge on any atom is 0.00670 e. The lowest BCUT2D eigenvalue weighted by Crippen LogP contribution is -2.33. The Morgan fingerprint density at radius 1 is 1.21 bits per heavy atom. The first-order valence-electron chi connectivity index (χ1n) is 5.52. The molecule has 1 nitrogen and oxygen atoms in total. The van der Waals surface area contributed by atoms with Gasteiger partial charge < -0.3 is 5.32 Å².